The molecular weight excluding hydrogens is 1640 g/mol. The van der Waals surface area contributed by atoms with Crippen LogP contribution in [0.25, 0.3) is 234 Å². The number of hydrogen-bond donors (Lipinski definition) is 0. The molecule has 0 saturated heterocycles. The van der Waals surface area contributed by atoms with Crippen molar-refractivity contribution in [2.45, 2.75) is 19.3 Å². The molecule has 0 fully saturated rings. The third-order valence-corrected chi connectivity index (χ3v) is 26.4. The van der Waals surface area contributed by atoms with Crippen molar-refractivity contribution in [3.05, 3.63) is 466 Å². The molecule has 8 heterocycles. The van der Waals surface area contributed by atoms with Crippen molar-refractivity contribution < 1.29 is 4.42 Å². The van der Waals surface area contributed by atoms with Crippen LogP contribution in [0.3, 0.4) is 0 Å². The first kappa shape index (κ1) is 78.4. The predicted molar refractivity (Wildman–Crippen MR) is 550 cm³/mol. The van der Waals surface area contributed by atoms with Gasteiger partial charge in [-0.3, -0.25) is 4.57 Å². The van der Waals surface area contributed by atoms with Gasteiger partial charge in [0, 0.05) is 122 Å². The van der Waals surface area contributed by atoms with Crippen LogP contribution in [0.5, 0.6) is 0 Å². The van der Waals surface area contributed by atoms with E-state index in [1.165, 1.54) is 87.3 Å². The molecule has 1 aliphatic rings. The first-order valence-corrected chi connectivity index (χ1v) is 45.3. The molecule has 0 unspecified atom stereocenters. The van der Waals surface area contributed by atoms with Gasteiger partial charge in [-0.15, -0.1) is 0 Å². The average Bonchev–Trinajstić information content (AvgIpc) is 1.54. The summed E-state index contributed by atoms with van der Waals surface area (Å²) in [5.74, 6) is 3.32. The van der Waals surface area contributed by atoms with E-state index in [0.717, 1.165) is 128 Å². The van der Waals surface area contributed by atoms with Crippen LogP contribution in [0.2, 0.25) is 0 Å². The van der Waals surface area contributed by atoms with Gasteiger partial charge in [0.2, 0.25) is 5.95 Å². The fourth-order valence-corrected chi connectivity index (χ4v) is 19.9. The van der Waals surface area contributed by atoms with Crippen molar-refractivity contribution in [1.29, 1.82) is 0 Å². The monoisotopic (exact) mass is 1720 g/mol. The zero-order valence-corrected chi connectivity index (χ0v) is 73.1. The number of hydrogen-bond acceptors (Lipinski definition) is 8. The van der Waals surface area contributed by atoms with E-state index in [9.17, 15) is 0 Å². The molecule has 18 aromatic carbocycles. The van der Waals surface area contributed by atoms with Gasteiger partial charge in [0.25, 0.3) is 0 Å². The Morgan fingerprint density at radius 3 is 1.03 bits per heavy atom. The van der Waals surface area contributed by atoms with Gasteiger partial charge in [-0.1, -0.05) is 311 Å². The molecule has 0 spiro atoms. The molecule has 12 heteroatoms. The van der Waals surface area contributed by atoms with Crippen LogP contribution in [0.15, 0.2) is 460 Å². The van der Waals surface area contributed by atoms with E-state index in [1.807, 2.05) is 146 Å². The van der Waals surface area contributed by atoms with Crippen molar-refractivity contribution in [2.75, 3.05) is 0 Å². The number of rotatable bonds is 12. The van der Waals surface area contributed by atoms with Gasteiger partial charge < -0.3 is 18.1 Å². The van der Waals surface area contributed by atoms with Crippen LogP contribution in [-0.2, 0) is 5.41 Å². The highest BCUT2D eigenvalue weighted by molar-refractivity contribution is 6.20. The Morgan fingerprint density at radius 2 is 0.567 bits per heavy atom. The van der Waals surface area contributed by atoms with Gasteiger partial charge in [0.1, 0.15) is 11.2 Å². The number of nitrogens with zero attached hydrogens (tertiary/aromatic N) is 11. The number of furan rings is 1. The zero-order valence-electron chi connectivity index (χ0n) is 73.1. The maximum absolute atomic E-state index is 6.25. The molecule has 134 heavy (non-hydrogen) atoms. The summed E-state index contributed by atoms with van der Waals surface area (Å²) >= 11 is 0. The molecule has 0 aliphatic heterocycles. The first-order valence-electron chi connectivity index (χ1n) is 45.3. The Balaban J connectivity index is 0.000000110. The van der Waals surface area contributed by atoms with Gasteiger partial charge in [-0.2, -0.15) is 0 Å². The summed E-state index contributed by atoms with van der Waals surface area (Å²) in [4.78, 5) is 34.9. The summed E-state index contributed by atoms with van der Waals surface area (Å²) in [5.41, 5.74) is 30.3. The van der Waals surface area contributed by atoms with Crippen molar-refractivity contribution in [2.24, 2.45) is 0 Å². The van der Waals surface area contributed by atoms with E-state index in [4.69, 9.17) is 39.3 Å². The maximum atomic E-state index is 6.25. The van der Waals surface area contributed by atoms with Crippen LogP contribution in [-0.4, -0.2) is 53.2 Å². The number of benzene rings is 18. The topological polar surface area (TPSA) is 123 Å². The predicted octanol–water partition coefficient (Wildman–Crippen LogP) is 30.8. The lowest BCUT2D eigenvalue weighted by molar-refractivity contribution is 0.661. The number of aromatic nitrogens is 11. The molecule has 630 valence electrons. The summed E-state index contributed by atoms with van der Waals surface area (Å²) in [7, 11) is 0. The summed E-state index contributed by atoms with van der Waals surface area (Å²) in [5, 5.41) is 13.2. The lowest BCUT2D eigenvalue weighted by atomic mass is 9.82. The highest BCUT2D eigenvalue weighted by atomic mass is 16.3. The smallest absolute Gasteiger partial charge is 0.235 e. The lowest BCUT2D eigenvalue weighted by Crippen LogP contribution is -2.15. The molecule has 1 aliphatic carbocycles. The third kappa shape index (κ3) is 13.7. The van der Waals surface area contributed by atoms with Crippen LogP contribution in [0, 0.1) is 0 Å². The Hall–Kier alpha value is -17.9. The Morgan fingerprint density at radius 1 is 0.209 bits per heavy atom. The summed E-state index contributed by atoms with van der Waals surface area (Å²) < 4.78 is 15.5. The van der Waals surface area contributed by atoms with Crippen LogP contribution < -0.4 is 0 Å². The lowest BCUT2D eigenvalue weighted by Gasteiger charge is -2.21. The van der Waals surface area contributed by atoms with E-state index in [-0.39, 0.29) is 5.41 Å². The molecule has 0 bridgehead atoms. The Labute approximate surface area is 771 Å². The minimum Gasteiger partial charge on any atom is -0.456 e. The van der Waals surface area contributed by atoms with E-state index >= 15 is 0 Å². The standard InChI is InChI=1S/C49H31N5.C40H25N3O.C33H25N3/c1-4-14-32(15-5-1)47-50-48(33-16-6-2-7-17-33)52-49(51-47)34-24-26-38(27-25-34)54-44-23-13-11-21-40(44)42-29-35-30-45-41(28-36(35)31-46(42)54)39-20-10-12-22-43(39)53(45)37-18-8-3-9-19-37;1-3-11-26(12-4-1)34-25-35(27-13-5-2-6-14-27)42-40(41-34)28-19-21-29(22-20-28)43-36-17-9-7-15-30(36)32-24-39-33(23-37(32)43)31-16-8-10-18-38(31)44-39;1-33(2)27-16-10-9-15-25(27)26-19-24-17-18-36(31(24)20-28(26)33)32-34-29(22-11-5-3-6-12-22)21-30(35-32)23-13-7-4-8-14-23/h1-31H;1-25H;3-21H,1-2H3. The quantitative estimate of drug-likeness (QED) is 0.118. The minimum absolute atomic E-state index is 0.0584. The molecule has 0 radical (unpaired) electrons. The second-order valence-electron chi connectivity index (χ2n) is 34.8. The molecule has 0 N–H and O–H groups in total. The second kappa shape index (κ2) is 32.4. The summed E-state index contributed by atoms with van der Waals surface area (Å²) in [6, 6.07) is 157. The normalized spacial score (nSPS) is 12.2. The van der Waals surface area contributed by atoms with Crippen molar-refractivity contribution in [3.8, 4) is 125 Å². The van der Waals surface area contributed by atoms with E-state index in [0.29, 0.717) is 29.2 Å². The second-order valence-corrected chi connectivity index (χ2v) is 34.8. The molecular formula is C122H81N11O. The average molecular weight is 1720 g/mol. The van der Waals surface area contributed by atoms with Crippen LogP contribution in [0.4, 0.5) is 0 Å². The fourth-order valence-electron chi connectivity index (χ4n) is 19.9. The van der Waals surface area contributed by atoms with Gasteiger partial charge in [0.15, 0.2) is 23.3 Å². The highest BCUT2D eigenvalue weighted by Crippen LogP contribution is 2.51. The fraction of sp³-hybridized carbons (Fsp3) is 0.0246. The Bertz CT molecular complexity index is 8870. The maximum Gasteiger partial charge on any atom is 0.235 e. The Kier molecular flexibility index (Phi) is 19.0. The minimum atomic E-state index is -0.0584. The van der Waals surface area contributed by atoms with Gasteiger partial charge >= 0.3 is 0 Å². The molecule has 26 aromatic rings. The van der Waals surface area contributed by atoms with Gasteiger partial charge in [-0.05, 0) is 185 Å². The molecule has 0 amide bonds. The SMILES string of the molecule is CC1(C)c2ccccc2-c2cc3ccn(-c4nc(-c5ccccc5)cc(-c5ccccc5)n4)c3cc21.c1ccc(-c2cc(-c3ccccc3)nc(-c3ccc(-n4c5ccccc5c5cc6oc7ccccc7c6cc54)cc3)n2)cc1.c1ccc(-c2nc(-c3ccccc3)nc(-c3ccc(-n4c5ccccc5c5cc6cc7c(cc6cc54)c4ccccc4n7-c4ccccc4)cc3)n2)cc1. The van der Waals surface area contributed by atoms with E-state index in [2.05, 4.69) is 342 Å². The van der Waals surface area contributed by atoms with E-state index in [1.54, 1.807) is 0 Å². The summed E-state index contributed by atoms with van der Waals surface area (Å²) in [6.07, 6.45) is 2.09. The van der Waals surface area contributed by atoms with Crippen molar-refractivity contribution in [1.82, 2.24) is 53.2 Å². The largest absolute Gasteiger partial charge is 0.456 e. The summed E-state index contributed by atoms with van der Waals surface area (Å²) in [6.45, 7) is 4.63. The van der Waals surface area contributed by atoms with Gasteiger partial charge in [-0.25, -0.2) is 34.9 Å². The van der Waals surface area contributed by atoms with Crippen molar-refractivity contribution in [3.63, 3.8) is 0 Å². The number of fused-ring (bicyclic) bond motifs is 17. The van der Waals surface area contributed by atoms with Crippen LogP contribution >= 0.6 is 0 Å². The molecule has 8 aromatic heterocycles. The van der Waals surface area contributed by atoms with Gasteiger partial charge in [0.05, 0.1) is 61.4 Å². The third-order valence-electron chi connectivity index (χ3n) is 26.4. The molecule has 12 nitrogen and oxygen atoms in total. The molecule has 0 saturated carbocycles. The van der Waals surface area contributed by atoms with Crippen molar-refractivity contribution >= 4 is 109 Å². The molecule has 27 rings (SSSR count). The first-order chi connectivity index (χ1) is 66.2. The number of para-hydroxylation sites is 5. The zero-order chi connectivity index (χ0) is 88.9. The van der Waals surface area contributed by atoms with Crippen LogP contribution in [0.1, 0.15) is 25.0 Å². The molecule has 0 atom stereocenters. The van der Waals surface area contributed by atoms with E-state index < -0.39 is 0 Å². The highest BCUT2D eigenvalue weighted by Gasteiger charge is 2.36.